The number of carbonyl (C=O) groups is 2. The molecule has 28 heavy (non-hydrogen) atoms. The number of aryl methyl sites for hydroxylation is 2. The molecule has 1 aromatic heterocycles. The molecule has 7 heteroatoms. The Morgan fingerprint density at radius 2 is 1.86 bits per heavy atom. The Morgan fingerprint density at radius 1 is 1.14 bits per heavy atom. The number of benzene rings is 2. The molecule has 3 aromatic rings. The topological polar surface area (TPSA) is 73.2 Å². The van der Waals surface area contributed by atoms with Crippen molar-refractivity contribution in [2.45, 2.75) is 13.3 Å². The number of esters is 1. The molecule has 0 saturated carbocycles. The molecule has 0 aliphatic rings. The molecule has 3 rings (SSSR count). The Balaban J connectivity index is 1.55. The Labute approximate surface area is 168 Å². The maximum Gasteiger partial charge on any atom is 0.310 e. The van der Waals surface area contributed by atoms with Crippen LogP contribution in [0.4, 0.5) is 5.82 Å². The van der Waals surface area contributed by atoms with E-state index in [0.717, 1.165) is 16.7 Å². The van der Waals surface area contributed by atoms with Gasteiger partial charge >= 0.3 is 5.97 Å². The number of hydrogen-bond donors (Lipinski definition) is 1. The van der Waals surface area contributed by atoms with E-state index in [-0.39, 0.29) is 13.0 Å². The van der Waals surface area contributed by atoms with Gasteiger partial charge in [-0.1, -0.05) is 48.0 Å². The second-order valence-electron chi connectivity index (χ2n) is 6.36. The fourth-order valence-corrected chi connectivity index (χ4v) is 2.81. The monoisotopic (exact) mass is 397 g/mol. The Hall–Kier alpha value is -3.12. The molecule has 1 amide bonds. The summed E-state index contributed by atoms with van der Waals surface area (Å²) in [6, 6.07) is 16.6. The van der Waals surface area contributed by atoms with Crippen molar-refractivity contribution in [3.8, 4) is 11.3 Å². The molecule has 144 valence electrons. The minimum atomic E-state index is -0.448. The van der Waals surface area contributed by atoms with Crippen LogP contribution in [0.25, 0.3) is 11.3 Å². The largest absolute Gasteiger partial charge is 0.455 e. The van der Waals surface area contributed by atoms with E-state index in [1.165, 1.54) is 0 Å². The molecular formula is C21H20ClN3O3. The van der Waals surface area contributed by atoms with Crippen LogP contribution in [0.5, 0.6) is 0 Å². The van der Waals surface area contributed by atoms with E-state index in [0.29, 0.717) is 16.5 Å². The SMILES string of the molecule is Cc1ccccc1CC(=O)OCC(=O)Nc1cc(-c2ccc(Cl)cc2)nn1C. The highest BCUT2D eigenvalue weighted by Crippen LogP contribution is 2.23. The molecule has 0 aliphatic heterocycles. The summed E-state index contributed by atoms with van der Waals surface area (Å²) in [6.45, 7) is 1.57. The first-order chi connectivity index (χ1) is 13.4. The third-order valence-corrected chi connectivity index (χ3v) is 4.50. The molecule has 0 radical (unpaired) electrons. The zero-order valence-electron chi connectivity index (χ0n) is 15.6. The zero-order valence-corrected chi connectivity index (χ0v) is 16.4. The molecule has 0 unspecified atom stereocenters. The van der Waals surface area contributed by atoms with Crippen molar-refractivity contribution in [1.29, 1.82) is 0 Å². The number of ether oxygens (including phenoxy) is 1. The Kier molecular flexibility index (Phi) is 6.11. The summed E-state index contributed by atoms with van der Waals surface area (Å²) in [7, 11) is 1.72. The van der Waals surface area contributed by atoms with Gasteiger partial charge in [-0.05, 0) is 30.2 Å². The molecular weight excluding hydrogens is 378 g/mol. The zero-order chi connectivity index (χ0) is 20.1. The van der Waals surface area contributed by atoms with Crippen LogP contribution in [0.15, 0.2) is 54.6 Å². The maximum atomic E-state index is 12.1. The highest BCUT2D eigenvalue weighted by molar-refractivity contribution is 6.30. The van der Waals surface area contributed by atoms with E-state index in [9.17, 15) is 9.59 Å². The summed E-state index contributed by atoms with van der Waals surface area (Å²) in [5.41, 5.74) is 3.47. The molecule has 2 aromatic carbocycles. The molecule has 6 nitrogen and oxygen atoms in total. The highest BCUT2D eigenvalue weighted by Gasteiger charge is 2.13. The second-order valence-corrected chi connectivity index (χ2v) is 6.79. The van der Waals surface area contributed by atoms with Crippen LogP contribution < -0.4 is 5.32 Å². The molecule has 0 aliphatic carbocycles. The fourth-order valence-electron chi connectivity index (χ4n) is 2.69. The lowest BCUT2D eigenvalue weighted by molar-refractivity contribution is -0.146. The third kappa shape index (κ3) is 4.98. The van der Waals surface area contributed by atoms with Gasteiger partial charge in [0.1, 0.15) is 5.82 Å². The second kappa shape index (κ2) is 8.71. The van der Waals surface area contributed by atoms with E-state index in [2.05, 4.69) is 10.4 Å². The van der Waals surface area contributed by atoms with E-state index in [1.807, 2.05) is 43.3 Å². The Bertz CT molecular complexity index is 996. The van der Waals surface area contributed by atoms with Crippen LogP contribution in [0.1, 0.15) is 11.1 Å². The van der Waals surface area contributed by atoms with Gasteiger partial charge in [0, 0.05) is 23.7 Å². The van der Waals surface area contributed by atoms with E-state index < -0.39 is 11.9 Å². The van der Waals surface area contributed by atoms with Crippen LogP contribution in [-0.4, -0.2) is 28.3 Å². The van der Waals surface area contributed by atoms with Gasteiger partial charge in [-0.25, -0.2) is 0 Å². The van der Waals surface area contributed by atoms with Crippen molar-refractivity contribution in [3.63, 3.8) is 0 Å². The van der Waals surface area contributed by atoms with Crippen molar-refractivity contribution in [2.24, 2.45) is 7.05 Å². The predicted molar refractivity (Wildman–Crippen MR) is 108 cm³/mol. The average Bonchev–Trinajstić information content (AvgIpc) is 3.03. The first-order valence-electron chi connectivity index (χ1n) is 8.72. The number of hydrogen-bond acceptors (Lipinski definition) is 4. The summed E-state index contributed by atoms with van der Waals surface area (Å²) in [6.07, 6.45) is 0.131. The summed E-state index contributed by atoms with van der Waals surface area (Å²) < 4.78 is 6.64. The first kappa shape index (κ1) is 19.6. The number of nitrogens with zero attached hydrogens (tertiary/aromatic N) is 2. The van der Waals surface area contributed by atoms with Gasteiger partial charge < -0.3 is 10.1 Å². The number of amides is 1. The van der Waals surface area contributed by atoms with E-state index in [1.54, 1.807) is 29.9 Å². The Morgan fingerprint density at radius 3 is 2.57 bits per heavy atom. The fraction of sp³-hybridized carbons (Fsp3) is 0.190. The number of rotatable bonds is 6. The van der Waals surface area contributed by atoms with Crippen molar-refractivity contribution in [2.75, 3.05) is 11.9 Å². The average molecular weight is 398 g/mol. The normalized spacial score (nSPS) is 10.5. The van der Waals surface area contributed by atoms with Gasteiger partial charge in [-0.3, -0.25) is 14.3 Å². The van der Waals surface area contributed by atoms with Gasteiger partial charge in [0.15, 0.2) is 6.61 Å². The lowest BCUT2D eigenvalue weighted by atomic mass is 10.1. The van der Waals surface area contributed by atoms with Crippen LogP contribution in [0, 0.1) is 6.92 Å². The molecule has 0 bridgehead atoms. The van der Waals surface area contributed by atoms with Crippen molar-refractivity contribution < 1.29 is 14.3 Å². The van der Waals surface area contributed by atoms with E-state index in [4.69, 9.17) is 16.3 Å². The minimum absolute atomic E-state index is 0.131. The number of carbonyl (C=O) groups excluding carboxylic acids is 2. The van der Waals surface area contributed by atoms with Crippen molar-refractivity contribution in [1.82, 2.24) is 9.78 Å². The van der Waals surface area contributed by atoms with Gasteiger partial charge in [-0.15, -0.1) is 0 Å². The number of aromatic nitrogens is 2. The minimum Gasteiger partial charge on any atom is -0.455 e. The van der Waals surface area contributed by atoms with Crippen LogP contribution in [0.2, 0.25) is 5.02 Å². The molecule has 1 N–H and O–H groups in total. The van der Waals surface area contributed by atoms with Crippen LogP contribution in [-0.2, 0) is 27.8 Å². The van der Waals surface area contributed by atoms with Gasteiger partial charge in [0.25, 0.3) is 5.91 Å². The van der Waals surface area contributed by atoms with E-state index >= 15 is 0 Å². The van der Waals surface area contributed by atoms with Crippen molar-refractivity contribution >= 4 is 29.3 Å². The third-order valence-electron chi connectivity index (χ3n) is 4.25. The molecule has 0 saturated heterocycles. The maximum absolute atomic E-state index is 12.1. The molecule has 0 fully saturated rings. The lowest BCUT2D eigenvalue weighted by Crippen LogP contribution is -2.22. The smallest absolute Gasteiger partial charge is 0.310 e. The van der Waals surface area contributed by atoms with Gasteiger partial charge in [-0.2, -0.15) is 5.10 Å². The standard InChI is InChI=1S/C21H20ClN3O3/c1-14-5-3-4-6-16(14)11-21(27)28-13-20(26)23-19-12-18(24-25(19)2)15-7-9-17(22)10-8-15/h3-10,12H,11,13H2,1-2H3,(H,23,26). The molecule has 0 spiro atoms. The highest BCUT2D eigenvalue weighted by atomic mass is 35.5. The summed E-state index contributed by atoms with van der Waals surface area (Å²) in [5, 5.41) is 7.72. The van der Waals surface area contributed by atoms with Gasteiger partial charge in [0.05, 0.1) is 12.1 Å². The van der Waals surface area contributed by atoms with Crippen LogP contribution in [0.3, 0.4) is 0 Å². The summed E-state index contributed by atoms with van der Waals surface area (Å²) in [4.78, 5) is 24.1. The first-order valence-corrected chi connectivity index (χ1v) is 9.10. The van der Waals surface area contributed by atoms with Crippen molar-refractivity contribution in [3.05, 3.63) is 70.7 Å². The molecule has 0 atom stereocenters. The molecule has 1 heterocycles. The quantitative estimate of drug-likeness (QED) is 0.642. The van der Waals surface area contributed by atoms with Crippen LogP contribution >= 0.6 is 11.6 Å². The number of nitrogens with one attached hydrogen (secondary N) is 1. The number of halogens is 1. The number of anilines is 1. The summed E-state index contributed by atoms with van der Waals surface area (Å²) in [5.74, 6) is -0.370. The van der Waals surface area contributed by atoms with Gasteiger partial charge in [0.2, 0.25) is 0 Å². The summed E-state index contributed by atoms with van der Waals surface area (Å²) >= 11 is 5.90. The predicted octanol–water partition coefficient (Wildman–Crippen LogP) is 3.77. The lowest BCUT2D eigenvalue weighted by Gasteiger charge is -2.07.